The quantitative estimate of drug-likeness (QED) is 0.524. The molecule has 1 aromatic carbocycles. The van der Waals surface area contributed by atoms with Gasteiger partial charge in [-0.1, -0.05) is 13.8 Å². The van der Waals surface area contributed by atoms with Crippen molar-refractivity contribution in [1.29, 1.82) is 0 Å². The fourth-order valence-electron chi connectivity index (χ4n) is 4.37. The van der Waals surface area contributed by atoms with Crippen LogP contribution < -0.4 is 9.47 Å². The predicted octanol–water partition coefficient (Wildman–Crippen LogP) is 1.25. The van der Waals surface area contributed by atoms with E-state index in [2.05, 4.69) is 16.7 Å². The Kier molecular flexibility index (Phi) is 9.09. The number of hydrogen-bond donors (Lipinski definition) is 2. The normalized spacial score (nSPS) is 25.5. The third-order valence-electron chi connectivity index (χ3n) is 6.67. The molecule has 186 valence electrons. The van der Waals surface area contributed by atoms with E-state index >= 15 is 0 Å². The van der Waals surface area contributed by atoms with Crippen molar-refractivity contribution in [2.75, 3.05) is 53.4 Å². The van der Waals surface area contributed by atoms with Crippen molar-refractivity contribution in [3.05, 3.63) is 23.8 Å². The Morgan fingerprint density at radius 2 is 1.45 bits per heavy atom. The van der Waals surface area contributed by atoms with Crippen molar-refractivity contribution in [3.63, 3.8) is 0 Å². The van der Waals surface area contributed by atoms with Crippen molar-refractivity contribution in [3.8, 4) is 11.5 Å². The van der Waals surface area contributed by atoms with E-state index in [0.29, 0.717) is 30.2 Å². The Hall–Kier alpha value is -1.75. The summed E-state index contributed by atoms with van der Waals surface area (Å²) in [6.45, 7) is 9.76. The highest BCUT2D eigenvalue weighted by atomic mass is 16.5. The highest BCUT2D eigenvalue weighted by molar-refractivity contribution is 5.97. The van der Waals surface area contributed by atoms with Crippen LogP contribution in [0, 0.1) is 0 Å². The average molecular weight is 465 g/mol. The summed E-state index contributed by atoms with van der Waals surface area (Å²) in [4.78, 5) is 20.5. The van der Waals surface area contributed by atoms with Crippen LogP contribution in [0.5, 0.6) is 11.5 Å². The van der Waals surface area contributed by atoms with Crippen LogP contribution in [-0.2, 0) is 0 Å². The van der Waals surface area contributed by atoms with E-state index in [9.17, 15) is 15.0 Å². The molecule has 9 heteroatoms. The maximum atomic E-state index is 12.5. The number of aliphatic hydroxyl groups excluding tert-OH is 2. The largest absolute Gasteiger partial charge is 0.475 e. The van der Waals surface area contributed by atoms with Gasteiger partial charge in [-0.25, -0.2) is 0 Å². The number of piperazine rings is 2. The first-order valence-corrected chi connectivity index (χ1v) is 12.0. The molecule has 1 aromatic rings. The van der Waals surface area contributed by atoms with Crippen molar-refractivity contribution < 1.29 is 24.5 Å². The number of β-amino-alcohol motifs (C(OH)–C–C–N with tert-alkyl or cyclic N) is 2. The molecule has 4 unspecified atom stereocenters. The van der Waals surface area contributed by atoms with Crippen molar-refractivity contribution >= 4 is 5.78 Å². The number of carbonyl (C=O) groups is 1. The van der Waals surface area contributed by atoms with Gasteiger partial charge in [0.15, 0.2) is 18.2 Å². The van der Waals surface area contributed by atoms with Crippen LogP contribution in [0.2, 0.25) is 0 Å². The molecule has 0 aromatic heterocycles. The SMILES string of the molecule is CCC(Oc1ccc(OC(CC)N2CCN(C)C(O)C2)c(C(C)=O)c1)N1CCN(C)C(O)C1. The van der Waals surface area contributed by atoms with E-state index < -0.39 is 12.5 Å². The average Bonchev–Trinajstić information content (AvgIpc) is 2.80. The Morgan fingerprint density at radius 1 is 0.939 bits per heavy atom. The van der Waals surface area contributed by atoms with Gasteiger partial charge in [-0.05, 0) is 52.1 Å². The first kappa shape index (κ1) is 25.9. The summed E-state index contributed by atoms with van der Waals surface area (Å²) in [6, 6.07) is 5.38. The number of aliphatic hydroxyl groups is 2. The monoisotopic (exact) mass is 464 g/mol. The third-order valence-corrected chi connectivity index (χ3v) is 6.67. The summed E-state index contributed by atoms with van der Waals surface area (Å²) in [7, 11) is 3.82. The molecule has 4 atom stereocenters. The summed E-state index contributed by atoms with van der Waals surface area (Å²) >= 11 is 0. The number of hydrogen-bond acceptors (Lipinski definition) is 9. The second kappa shape index (κ2) is 11.6. The summed E-state index contributed by atoms with van der Waals surface area (Å²) < 4.78 is 12.5. The zero-order valence-corrected chi connectivity index (χ0v) is 20.6. The van der Waals surface area contributed by atoms with E-state index in [4.69, 9.17) is 9.47 Å². The van der Waals surface area contributed by atoms with Gasteiger partial charge in [0.25, 0.3) is 0 Å². The number of nitrogens with zero attached hydrogens (tertiary/aromatic N) is 4. The Morgan fingerprint density at radius 3 is 1.91 bits per heavy atom. The number of Topliss-reactive ketones (excluding diaryl/α,β-unsaturated/α-hetero) is 1. The lowest BCUT2D eigenvalue weighted by molar-refractivity contribution is -0.0902. The van der Waals surface area contributed by atoms with Crippen LogP contribution in [0.4, 0.5) is 0 Å². The molecule has 2 aliphatic rings. The van der Waals surface area contributed by atoms with Gasteiger partial charge >= 0.3 is 0 Å². The molecule has 0 spiro atoms. The molecule has 33 heavy (non-hydrogen) atoms. The molecule has 2 saturated heterocycles. The lowest BCUT2D eigenvalue weighted by Gasteiger charge is -2.40. The fraction of sp³-hybridized carbons (Fsp3) is 0.708. The summed E-state index contributed by atoms with van der Waals surface area (Å²) in [6.07, 6.45) is 0.0322. The molecule has 2 aliphatic heterocycles. The predicted molar refractivity (Wildman–Crippen MR) is 126 cm³/mol. The minimum absolute atomic E-state index is 0.0909. The minimum Gasteiger partial charge on any atom is -0.475 e. The van der Waals surface area contributed by atoms with E-state index in [1.54, 1.807) is 12.1 Å². The molecule has 2 heterocycles. The smallest absolute Gasteiger partial charge is 0.163 e. The number of likely N-dealkylation sites (N-methyl/N-ethyl adjacent to an activating group) is 2. The second-order valence-electron chi connectivity index (χ2n) is 9.09. The van der Waals surface area contributed by atoms with Gasteiger partial charge in [0, 0.05) is 39.3 Å². The molecular formula is C24H40N4O5. The van der Waals surface area contributed by atoms with E-state index in [0.717, 1.165) is 39.0 Å². The first-order chi connectivity index (χ1) is 15.7. The van der Waals surface area contributed by atoms with Gasteiger partial charge in [0.2, 0.25) is 0 Å². The number of rotatable bonds is 9. The van der Waals surface area contributed by atoms with Crippen molar-refractivity contribution in [2.24, 2.45) is 0 Å². The highest BCUT2D eigenvalue weighted by Gasteiger charge is 2.30. The molecule has 3 rings (SSSR count). The molecule has 0 saturated carbocycles. The van der Waals surface area contributed by atoms with Gasteiger partial charge in [0.05, 0.1) is 5.56 Å². The third kappa shape index (κ3) is 6.44. The molecule has 2 N–H and O–H groups in total. The number of carbonyl (C=O) groups excluding carboxylic acids is 1. The van der Waals surface area contributed by atoms with Crippen LogP contribution in [0.15, 0.2) is 18.2 Å². The Labute approximate surface area is 197 Å². The maximum absolute atomic E-state index is 12.5. The van der Waals surface area contributed by atoms with Gasteiger partial charge < -0.3 is 19.7 Å². The van der Waals surface area contributed by atoms with Gasteiger partial charge in [-0.3, -0.25) is 24.4 Å². The second-order valence-corrected chi connectivity index (χ2v) is 9.09. The molecule has 0 aliphatic carbocycles. The number of ketones is 1. The Balaban J connectivity index is 1.72. The van der Waals surface area contributed by atoms with Crippen LogP contribution in [-0.4, -0.2) is 114 Å². The molecule has 0 amide bonds. The molecule has 0 radical (unpaired) electrons. The molecule has 2 fully saturated rings. The van der Waals surface area contributed by atoms with Crippen LogP contribution in [0.25, 0.3) is 0 Å². The summed E-state index contributed by atoms with van der Waals surface area (Å²) in [5.41, 5.74) is 0.480. The highest BCUT2D eigenvalue weighted by Crippen LogP contribution is 2.29. The summed E-state index contributed by atoms with van der Waals surface area (Å²) in [5, 5.41) is 20.4. The fourth-order valence-corrected chi connectivity index (χ4v) is 4.37. The van der Waals surface area contributed by atoms with Gasteiger partial charge in [-0.2, -0.15) is 0 Å². The van der Waals surface area contributed by atoms with E-state index in [-0.39, 0.29) is 18.2 Å². The topological polar surface area (TPSA) is 89.0 Å². The first-order valence-electron chi connectivity index (χ1n) is 12.0. The summed E-state index contributed by atoms with van der Waals surface area (Å²) in [5.74, 6) is 1.04. The Bertz CT molecular complexity index is 794. The zero-order valence-electron chi connectivity index (χ0n) is 20.6. The molecule has 9 nitrogen and oxygen atoms in total. The van der Waals surface area contributed by atoms with Gasteiger partial charge in [0.1, 0.15) is 24.0 Å². The number of benzene rings is 1. The minimum atomic E-state index is -0.529. The lowest BCUT2D eigenvalue weighted by Crippen LogP contribution is -2.55. The van der Waals surface area contributed by atoms with Crippen LogP contribution in [0.3, 0.4) is 0 Å². The van der Waals surface area contributed by atoms with Crippen LogP contribution >= 0.6 is 0 Å². The lowest BCUT2D eigenvalue weighted by atomic mass is 10.1. The van der Waals surface area contributed by atoms with Crippen molar-refractivity contribution in [1.82, 2.24) is 19.6 Å². The standard InChI is InChI=1S/C24H40N4O5/c1-6-23(27-12-10-25(4)21(30)15-27)32-18-8-9-20(19(14-18)17(3)29)33-24(7-2)28-13-11-26(5)22(31)16-28/h8-9,14,21-24,30-31H,6-7,10-13,15-16H2,1-5H3. The van der Waals surface area contributed by atoms with E-state index in [1.807, 2.05) is 36.9 Å². The van der Waals surface area contributed by atoms with Crippen molar-refractivity contribution in [2.45, 2.75) is 58.5 Å². The molecule has 0 bridgehead atoms. The van der Waals surface area contributed by atoms with Gasteiger partial charge in [-0.15, -0.1) is 0 Å². The van der Waals surface area contributed by atoms with E-state index in [1.165, 1.54) is 6.92 Å². The molecular weight excluding hydrogens is 424 g/mol. The zero-order chi connectivity index (χ0) is 24.1. The maximum Gasteiger partial charge on any atom is 0.163 e. The number of ether oxygens (including phenoxy) is 2. The van der Waals surface area contributed by atoms with Crippen LogP contribution in [0.1, 0.15) is 44.0 Å².